The van der Waals surface area contributed by atoms with Crippen molar-refractivity contribution in [2.24, 2.45) is 0 Å². The highest BCUT2D eigenvalue weighted by atomic mass is 32.1. The molecule has 3 nitrogen and oxygen atoms in total. The van der Waals surface area contributed by atoms with Crippen molar-refractivity contribution >= 4 is 11.3 Å². The van der Waals surface area contributed by atoms with Gasteiger partial charge in [0.15, 0.2) is 10.8 Å². The molecule has 0 saturated carbocycles. The van der Waals surface area contributed by atoms with E-state index in [2.05, 4.69) is 24.1 Å². The van der Waals surface area contributed by atoms with Crippen LogP contribution in [0.15, 0.2) is 22.7 Å². The minimum absolute atomic E-state index is 0.879. The van der Waals surface area contributed by atoms with Crippen molar-refractivity contribution in [3.8, 4) is 10.8 Å². The molecule has 2 aromatic rings. The van der Waals surface area contributed by atoms with Crippen molar-refractivity contribution < 1.29 is 4.42 Å². The topological polar surface area (TPSA) is 38.1 Å². The maximum Gasteiger partial charge on any atom is 0.162 e. The molecule has 0 atom stereocenters. The fourth-order valence-corrected chi connectivity index (χ4v) is 2.28. The summed E-state index contributed by atoms with van der Waals surface area (Å²) in [5.74, 6) is 1.89. The summed E-state index contributed by atoms with van der Waals surface area (Å²) in [6.45, 7) is 6.05. The van der Waals surface area contributed by atoms with Crippen LogP contribution in [0.25, 0.3) is 10.8 Å². The molecule has 0 aromatic carbocycles. The van der Waals surface area contributed by atoms with E-state index >= 15 is 0 Å². The van der Waals surface area contributed by atoms with Gasteiger partial charge >= 0.3 is 0 Å². The number of hydrogen-bond acceptors (Lipinski definition) is 4. The van der Waals surface area contributed by atoms with E-state index in [-0.39, 0.29) is 0 Å². The van der Waals surface area contributed by atoms with Crippen LogP contribution in [0.2, 0.25) is 0 Å². The van der Waals surface area contributed by atoms with Gasteiger partial charge in [-0.3, -0.25) is 0 Å². The molecule has 0 radical (unpaired) electrons. The molecule has 0 aliphatic rings. The molecule has 86 valence electrons. The van der Waals surface area contributed by atoms with Gasteiger partial charge in [0.1, 0.15) is 5.76 Å². The number of furan rings is 1. The maximum absolute atomic E-state index is 5.66. The number of nitrogens with zero attached hydrogens (tertiary/aromatic N) is 1. The summed E-state index contributed by atoms with van der Waals surface area (Å²) in [5, 5.41) is 4.25. The lowest BCUT2D eigenvalue weighted by Crippen LogP contribution is -2.10. The summed E-state index contributed by atoms with van der Waals surface area (Å²) < 4.78 is 5.66. The Bertz CT molecular complexity index is 447. The van der Waals surface area contributed by atoms with Crippen molar-refractivity contribution in [1.29, 1.82) is 0 Å². The van der Waals surface area contributed by atoms with Gasteiger partial charge in [0.2, 0.25) is 0 Å². The van der Waals surface area contributed by atoms with E-state index < -0.39 is 0 Å². The van der Waals surface area contributed by atoms with Crippen LogP contribution in [-0.4, -0.2) is 11.5 Å². The Morgan fingerprint density at radius 2 is 2.25 bits per heavy atom. The molecule has 0 spiro atoms. The second-order valence-corrected chi connectivity index (χ2v) is 4.65. The van der Waals surface area contributed by atoms with Gasteiger partial charge in [-0.2, -0.15) is 0 Å². The van der Waals surface area contributed by atoms with E-state index in [9.17, 15) is 0 Å². The lowest BCUT2D eigenvalue weighted by atomic mass is 10.4. The first kappa shape index (κ1) is 11.4. The van der Waals surface area contributed by atoms with Crippen molar-refractivity contribution in [2.75, 3.05) is 6.54 Å². The smallest absolute Gasteiger partial charge is 0.162 e. The number of nitrogens with one attached hydrogen (secondary N) is 1. The number of aromatic nitrogens is 1. The van der Waals surface area contributed by atoms with E-state index in [1.807, 2.05) is 18.3 Å². The summed E-state index contributed by atoms with van der Waals surface area (Å²) in [5.41, 5.74) is 0. The van der Waals surface area contributed by atoms with Crippen LogP contribution in [0, 0.1) is 0 Å². The molecule has 2 heterocycles. The van der Waals surface area contributed by atoms with Crippen LogP contribution >= 0.6 is 11.3 Å². The van der Waals surface area contributed by atoms with Crippen LogP contribution in [-0.2, 0) is 13.0 Å². The SMILES string of the molecule is CCNCc1cnc(-c2ccc(CC)o2)s1. The van der Waals surface area contributed by atoms with Crippen LogP contribution < -0.4 is 5.32 Å². The summed E-state index contributed by atoms with van der Waals surface area (Å²) in [7, 11) is 0. The highest BCUT2D eigenvalue weighted by Crippen LogP contribution is 2.26. The van der Waals surface area contributed by atoms with Gasteiger partial charge in [-0.25, -0.2) is 4.98 Å². The van der Waals surface area contributed by atoms with Gasteiger partial charge in [0, 0.05) is 24.0 Å². The van der Waals surface area contributed by atoms with E-state index in [4.69, 9.17) is 4.42 Å². The molecule has 0 aliphatic heterocycles. The summed E-state index contributed by atoms with van der Waals surface area (Å²) in [6.07, 6.45) is 2.84. The second kappa shape index (κ2) is 5.27. The van der Waals surface area contributed by atoms with Crippen LogP contribution in [0.1, 0.15) is 24.5 Å². The van der Waals surface area contributed by atoms with Crippen LogP contribution in [0.4, 0.5) is 0 Å². The quantitative estimate of drug-likeness (QED) is 0.867. The number of aryl methyl sites for hydroxylation is 1. The molecule has 2 aromatic heterocycles. The van der Waals surface area contributed by atoms with Gasteiger partial charge in [-0.15, -0.1) is 11.3 Å². The Kier molecular flexibility index (Phi) is 3.74. The van der Waals surface area contributed by atoms with Gasteiger partial charge in [0.05, 0.1) is 0 Å². The van der Waals surface area contributed by atoms with Crippen molar-refractivity contribution in [2.45, 2.75) is 26.8 Å². The van der Waals surface area contributed by atoms with Gasteiger partial charge in [-0.1, -0.05) is 13.8 Å². The largest absolute Gasteiger partial charge is 0.459 e. The van der Waals surface area contributed by atoms with Crippen LogP contribution in [0.5, 0.6) is 0 Å². The van der Waals surface area contributed by atoms with Gasteiger partial charge in [-0.05, 0) is 18.7 Å². The van der Waals surface area contributed by atoms with Crippen LogP contribution in [0.3, 0.4) is 0 Å². The lowest BCUT2D eigenvalue weighted by Gasteiger charge is -1.94. The molecule has 1 N–H and O–H groups in total. The summed E-state index contributed by atoms with van der Waals surface area (Å²) in [4.78, 5) is 5.61. The highest BCUT2D eigenvalue weighted by molar-refractivity contribution is 7.14. The predicted molar refractivity (Wildman–Crippen MR) is 66.6 cm³/mol. The molecule has 2 rings (SSSR count). The summed E-state index contributed by atoms with van der Waals surface area (Å²) in [6, 6.07) is 4.01. The molecule has 0 unspecified atom stereocenters. The second-order valence-electron chi connectivity index (χ2n) is 3.53. The van der Waals surface area contributed by atoms with Gasteiger partial charge in [0.25, 0.3) is 0 Å². The zero-order valence-electron chi connectivity index (χ0n) is 9.62. The highest BCUT2D eigenvalue weighted by Gasteiger charge is 2.08. The molecule has 0 bridgehead atoms. The molecule has 0 amide bonds. The Hall–Kier alpha value is -1.13. The summed E-state index contributed by atoms with van der Waals surface area (Å²) >= 11 is 1.68. The fraction of sp³-hybridized carbons (Fsp3) is 0.417. The molecular formula is C12H16N2OS. The molecule has 0 saturated heterocycles. The van der Waals surface area contributed by atoms with Gasteiger partial charge < -0.3 is 9.73 Å². The Morgan fingerprint density at radius 3 is 2.94 bits per heavy atom. The Balaban J connectivity index is 2.11. The first-order valence-electron chi connectivity index (χ1n) is 5.58. The molecule has 0 fully saturated rings. The number of thiazole rings is 1. The molecular weight excluding hydrogens is 220 g/mol. The van der Waals surface area contributed by atoms with Crippen molar-refractivity contribution in [3.63, 3.8) is 0 Å². The van der Waals surface area contributed by atoms with Crippen molar-refractivity contribution in [1.82, 2.24) is 10.3 Å². The lowest BCUT2D eigenvalue weighted by molar-refractivity contribution is 0.529. The van der Waals surface area contributed by atoms with E-state index in [1.54, 1.807) is 11.3 Å². The maximum atomic E-state index is 5.66. The zero-order valence-corrected chi connectivity index (χ0v) is 10.4. The standard InChI is InChI=1S/C12H16N2OS/c1-3-9-5-6-11(15-9)12-14-8-10(16-12)7-13-4-2/h5-6,8,13H,3-4,7H2,1-2H3. The predicted octanol–water partition coefficient (Wildman–Crippen LogP) is 3.08. The Labute approximate surface area is 99.5 Å². The normalized spacial score (nSPS) is 10.9. The monoisotopic (exact) mass is 236 g/mol. The minimum Gasteiger partial charge on any atom is -0.459 e. The zero-order chi connectivity index (χ0) is 11.4. The molecule has 16 heavy (non-hydrogen) atoms. The van der Waals surface area contributed by atoms with E-state index in [1.165, 1.54) is 4.88 Å². The molecule has 0 aliphatic carbocycles. The van der Waals surface area contributed by atoms with E-state index in [0.717, 1.165) is 36.0 Å². The number of rotatable bonds is 5. The molecule has 4 heteroatoms. The third-order valence-corrected chi connectivity index (χ3v) is 3.34. The Morgan fingerprint density at radius 1 is 1.38 bits per heavy atom. The average molecular weight is 236 g/mol. The third kappa shape index (κ3) is 2.51. The first-order chi connectivity index (χ1) is 7.83. The first-order valence-corrected chi connectivity index (χ1v) is 6.39. The fourth-order valence-electron chi connectivity index (χ4n) is 1.43. The average Bonchev–Trinajstić information content (AvgIpc) is 2.94. The minimum atomic E-state index is 0.879. The third-order valence-electron chi connectivity index (χ3n) is 2.32. The van der Waals surface area contributed by atoms with E-state index in [0.29, 0.717) is 0 Å². The van der Waals surface area contributed by atoms with Crippen molar-refractivity contribution in [3.05, 3.63) is 29.0 Å². The number of hydrogen-bond donors (Lipinski definition) is 1.